The highest BCUT2D eigenvalue weighted by molar-refractivity contribution is 6.33. The van der Waals surface area contributed by atoms with Crippen LogP contribution in [-0.4, -0.2) is 12.8 Å². The first-order chi connectivity index (χ1) is 6.77. The lowest BCUT2D eigenvalue weighted by molar-refractivity contribution is 0.112. The van der Waals surface area contributed by atoms with E-state index in [0.29, 0.717) is 17.1 Å². The summed E-state index contributed by atoms with van der Waals surface area (Å²) in [4.78, 5) is 10.6. The molecule has 1 aromatic carbocycles. The highest BCUT2D eigenvalue weighted by Gasteiger charge is 1.98. The van der Waals surface area contributed by atoms with Gasteiger partial charge in [-0.1, -0.05) is 29.8 Å². The van der Waals surface area contributed by atoms with Crippen LogP contribution in [-0.2, 0) is 0 Å². The Balaban J connectivity index is 2.84. The molecule has 0 unspecified atom stereocenters. The Bertz CT molecular complexity index is 347. The minimum Gasteiger partial charge on any atom is -0.330 e. The molecule has 0 saturated carbocycles. The van der Waals surface area contributed by atoms with Crippen LogP contribution in [0.15, 0.2) is 24.3 Å². The monoisotopic (exact) mass is 209 g/mol. The van der Waals surface area contributed by atoms with Gasteiger partial charge < -0.3 is 5.73 Å². The summed E-state index contributed by atoms with van der Waals surface area (Å²) in [6, 6.07) is 5.33. The molecule has 3 heteroatoms. The van der Waals surface area contributed by atoms with Crippen molar-refractivity contribution < 1.29 is 4.79 Å². The van der Waals surface area contributed by atoms with Crippen molar-refractivity contribution in [1.82, 2.24) is 0 Å². The first-order valence-corrected chi connectivity index (χ1v) is 4.77. The summed E-state index contributed by atoms with van der Waals surface area (Å²) in [5, 5.41) is 0.482. The highest BCUT2D eigenvalue weighted by atomic mass is 35.5. The Kier molecular flexibility index (Phi) is 4.36. The molecule has 1 aromatic rings. The Morgan fingerprint density at radius 3 is 2.86 bits per heavy atom. The van der Waals surface area contributed by atoms with Crippen molar-refractivity contribution in [1.29, 1.82) is 0 Å². The molecule has 0 amide bonds. The number of hydrogen-bond donors (Lipinski definition) is 1. The second-order valence-electron chi connectivity index (χ2n) is 2.88. The van der Waals surface area contributed by atoms with Crippen LogP contribution < -0.4 is 5.73 Å². The molecule has 0 aliphatic carbocycles. The fourth-order valence-corrected chi connectivity index (χ4v) is 1.23. The van der Waals surface area contributed by atoms with Crippen molar-refractivity contribution in [3.05, 3.63) is 40.4 Å². The van der Waals surface area contributed by atoms with E-state index in [2.05, 4.69) is 0 Å². The second-order valence-corrected chi connectivity index (χ2v) is 3.29. The van der Waals surface area contributed by atoms with Gasteiger partial charge in [0.25, 0.3) is 0 Å². The van der Waals surface area contributed by atoms with Crippen LogP contribution in [0.3, 0.4) is 0 Å². The molecule has 0 spiro atoms. The molecule has 0 aliphatic rings. The van der Waals surface area contributed by atoms with E-state index in [4.69, 9.17) is 17.3 Å². The molecule has 1 rings (SSSR count). The lowest BCUT2D eigenvalue weighted by Gasteiger charge is -1.97. The molecule has 2 N–H and O–H groups in total. The van der Waals surface area contributed by atoms with Crippen LogP contribution in [0.4, 0.5) is 0 Å². The second kappa shape index (κ2) is 5.58. The van der Waals surface area contributed by atoms with E-state index in [0.717, 1.165) is 18.3 Å². The Hall–Kier alpha value is -1.12. The van der Waals surface area contributed by atoms with Gasteiger partial charge in [0.1, 0.15) is 0 Å². The Labute approximate surface area is 88.4 Å². The van der Waals surface area contributed by atoms with Crippen LogP contribution in [0, 0.1) is 0 Å². The van der Waals surface area contributed by atoms with Gasteiger partial charge >= 0.3 is 0 Å². The third kappa shape index (κ3) is 2.98. The van der Waals surface area contributed by atoms with Gasteiger partial charge in [-0.3, -0.25) is 4.79 Å². The van der Waals surface area contributed by atoms with E-state index < -0.39 is 0 Å². The van der Waals surface area contributed by atoms with Crippen LogP contribution in [0.2, 0.25) is 5.02 Å². The number of nitrogens with two attached hydrogens (primary N) is 1. The summed E-state index contributed by atoms with van der Waals surface area (Å²) in [7, 11) is 0. The van der Waals surface area contributed by atoms with Crippen molar-refractivity contribution in [2.45, 2.75) is 6.42 Å². The third-order valence-corrected chi connectivity index (χ3v) is 2.13. The van der Waals surface area contributed by atoms with Gasteiger partial charge in [-0.2, -0.15) is 0 Å². The van der Waals surface area contributed by atoms with E-state index in [-0.39, 0.29) is 0 Å². The number of carbonyl (C=O) groups excluding carboxylic acids is 1. The van der Waals surface area contributed by atoms with Crippen LogP contribution in [0.1, 0.15) is 22.3 Å². The molecule has 14 heavy (non-hydrogen) atoms. The van der Waals surface area contributed by atoms with Crippen LogP contribution in [0.5, 0.6) is 0 Å². The minimum atomic E-state index is 0.482. The summed E-state index contributed by atoms with van der Waals surface area (Å²) in [6.45, 7) is 0.630. The quantitative estimate of drug-likeness (QED) is 0.775. The molecular weight excluding hydrogens is 198 g/mol. The predicted molar refractivity (Wildman–Crippen MR) is 59.5 cm³/mol. The molecule has 0 aliphatic heterocycles. The number of halogens is 1. The van der Waals surface area contributed by atoms with Gasteiger partial charge in [-0.05, 0) is 30.7 Å². The average molecular weight is 210 g/mol. The normalized spacial score (nSPS) is 10.7. The summed E-state index contributed by atoms with van der Waals surface area (Å²) >= 11 is 5.78. The molecule has 0 atom stereocenters. The molecule has 0 aromatic heterocycles. The van der Waals surface area contributed by atoms with Crippen molar-refractivity contribution in [3.8, 4) is 0 Å². The van der Waals surface area contributed by atoms with Gasteiger partial charge in [-0.15, -0.1) is 0 Å². The van der Waals surface area contributed by atoms with Crippen molar-refractivity contribution in [3.63, 3.8) is 0 Å². The smallest absolute Gasteiger partial charge is 0.151 e. The molecule has 2 nitrogen and oxygen atoms in total. The standard InChI is InChI=1S/C11H12ClNO/c12-11-5-4-9(3-1-2-6-13)7-10(11)8-14/h1,3-5,7-8H,2,6,13H2. The molecular formula is C11H12ClNO. The lowest BCUT2D eigenvalue weighted by atomic mass is 10.1. The molecule has 0 saturated heterocycles. The number of benzene rings is 1. The van der Waals surface area contributed by atoms with Crippen molar-refractivity contribution >= 4 is 24.0 Å². The molecule has 0 bridgehead atoms. The fourth-order valence-electron chi connectivity index (χ4n) is 1.07. The van der Waals surface area contributed by atoms with E-state index in [9.17, 15) is 4.79 Å². The summed E-state index contributed by atoms with van der Waals surface area (Å²) in [6.07, 6.45) is 5.48. The Morgan fingerprint density at radius 2 is 2.21 bits per heavy atom. The maximum absolute atomic E-state index is 10.6. The van der Waals surface area contributed by atoms with Gasteiger partial charge in [0, 0.05) is 5.56 Å². The zero-order chi connectivity index (χ0) is 10.4. The lowest BCUT2D eigenvalue weighted by Crippen LogP contribution is -1.95. The van der Waals surface area contributed by atoms with Crippen molar-refractivity contribution in [2.75, 3.05) is 6.54 Å². The van der Waals surface area contributed by atoms with Gasteiger partial charge in [0.05, 0.1) is 5.02 Å². The highest BCUT2D eigenvalue weighted by Crippen LogP contribution is 2.16. The van der Waals surface area contributed by atoms with E-state index in [1.54, 1.807) is 12.1 Å². The van der Waals surface area contributed by atoms with E-state index >= 15 is 0 Å². The van der Waals surface area contributed by atoms with Crippen molar-refractivity contribution in [2.24, 2.45) is 5.73 Å². The predicted octanol–water partition coefficient (Wildman–Crippen LogP) is 2.51. The van der Waals surface area contributed by atoms with Crippen LogP contribution >= 0.6 is 11.6 Å². The summed E-state index contributed by atoms with van der Waals surface area (Å²) in [5.74, 6) is 0. The zero-order valence-electron chi connectivity index (χ0n) is 7.74. The van der Waals surface area contributed by atoms with E-state index in [1.165, 1.54) is 0 Å². The largest absolute Gasteiger partial charge is 0.330 e. The molecule has 74 valence electrons. The number of aldehydes is 1. The third-order valence-electron chi connectivity index (χ3n) is 1.79. The number of hydrogen-bond acceptors (Lipinski definition) is 2. The van der Waals surface area contributed by atoms with E-state index in [1.807, 2.05) is 18.2 Å². The van der Waals surface area contributed by atoms with Gasteiger partial charge in [0.2, 0.25) is 0 Å². The maximum Gasteiger partial charge on any atom is 0.151 e. The molecule has 0 fully saturated rings. The fraction of sp³-hybridized carbons (Fsp3) is 0.182. The first-order valence-electron chi connectivity index (χ1n) is 4.39. The maximum atomic E-state index is 10.6. The zero-order valence-corrected chi connectivity index (χ0v) is 8.50. The average Bonchev–Trinajstić information content (AvgIpc) is 2.21. The minimum absolute atomic E-state index is 0.482. The Morgan fingerprint density at radius 1 is 1.43 bits per heavy atom. The molecule has 0 heterocycles. The first kappa shape index (κ1) is 11.0. The van der Waals surface area contributed by atoms with Gasteiger partial charge in [-0.25, -0.2) is 0 Å². The van der Waals surface area contributed by atoms with Crippen LogP contribution in [0.25, 0.3) is 6.08 Å². The number of rotatable bonds is 4. The van der Waals surface area contributed by atoms with Gasteiger partial charge in [0.15, 0.2) is 6.29 Å². The molecule has 0 radical (unpaired) electrons. The number of carbonyl (C=O) groups is 1. The summed E-state index contributed by atoms with van der Waals surface area (Å²) in [5.41, 5.74) is 6.82. The SMILES string of the molecule is NCCC=Cc1ccc(Cl)c(C=O)c1. The summed E-state index contributed by atoms with van der Waals surface area (Å²) < 4.78 is 0. The topological polar surface area (TPSA) is 43.1 Å².